The number of nitrogens with zero attached hydrogens (tertiary/aromatic N) is 2. The third kappa shape index (κ3) is 5.03. The van der Waals surface area contributed by atoms with E-state index >= 15 is 0 Å². The van der Waals surface area contributed by atoms with Gasteiger partial charge in [-0.05, 0) is 72.3 Å². The van der Waals surface area contributed by atoms with Gasteiger partial charge >= 0.3 is 0 Å². The Balaban J connectivity index is 1.27. The zero-order valence-corrected chi connectivity index (χ0v) is 17.5. The van der Waals surface area contributed by atoms with Crippen LogP contribution in [0.2, 0.25) is 0 Å². The topological polar surface area (TPSA) is 6.48 Å². The predicted octanol–water partition coefficient (Wildman–Crippen LogP) is 5.95. The molecule has 29 heavy (non-hydrogen) atoms. The van der Waals surface area contributed by atoms with Crippen molar-refractivity contribution in [1.82, 2.24) is 9.80 Å². The van der Waals surface area contributed by atoms with Crippen LogP contribution in [0.15, 0.2) is 84.9 Å². The fourth-order valence-electron chi connectivity index (χ4n) is 4.14. The molecule has 0 aliphatic rings. The maximum absolute atomic E-state index is 2.44. The van der Waals surface area contributed by atoms with Gasteiger partial charge in [-0.2, -0.15) is 0 Å². The van der Waals surface area contributed by atoms with Crippen molar-refractivity contribution in [2.45, 2.75) is 19.5 Å². The van der Waals surface area contributed by atoms with Crippen LogP contribution in [-0.2, 0) is 13.1 Å². The minimum Gasteiger partial charge on any atom is -0.302 e. The third-order valence-corrected chi connectivity index (χ3v) is 5.67. The molecule has 0 saturated carbocycles. The van der Waals surface area contributed by atoms with E-state index in [2.05, 4.69) is 109 Å². The molecule has 0 aliphatic carbocycles. The number of hydrogen-bond donors (Lipinski definition) is 0. The van der Waals surface area contributed by atoms with Crippen LogP contribution in [0, 0.1) is 0 Å². The average molecular weight is 383 g/mol. The van der Waals surface area contributed by atoms with E-state index in [1.54, 1.807) is 0 Å². The Morgan fingerprint density at radius 1 is 0.586 bits per heavy atom. The van der Waals surface area contributed by atoms with Crippen LogP contribution in [0.1, 0.15) is 17.5 Å². The second kappa shape index (κ2) is 9.21. The molecule has 0 amide bonds. The summed E-state index contributed by atoms with van der Waals surface area (Å²) in [5.74, 6) is 0. The molecule has 0 spiro atoms. The average Bonchev–Trinajstić information content (AvgIpc) is 2.74. The van der Waals surface area contributed by atoms with E-state index in [4.69, 9.17) is 0 Å². The number of benzene rings is 4. The van der Waals surface area contributed by atoms with Crippen molar-refractivity contribution in [3.8, 4) is 0 Å². The van der Waals surface area contributed by atoms with Gasteiger partial charge in [-0.3, -0.25) is 0 Å². The molecule has 4 aromatic rings. The van der Waals surface area contributed by atoms with Gasteiger partial charge in [-0.25, -0.2) is 0 Å². The van der Waals surface area contributed by atoms with E-state index in [1.807, 2.05) is 0 Å². The minimum absolute atomic E-state index is 0.996. The Bertz CT molecular complexity index is 1080. The quantitative estimate of drug-likeness (QED) is 0.372. The molecule has 0 aromatic heterocycles. The van der Waals surface area contributed by atoms with Gasteiger partial charge < -0.3 is 9.80 Å². The predicted molar refractivity (Wildman–Crippen MR) is 125 cm³/mol. The van der Waals surface area contributed by atoms with Crippen molar-refractivity contribution < 1.29 is 0 Å². The molecule has 0 fully saturated rings. The van der Waals surface area contributed by atoms with Crippen LogP contribution in [0.3, 0.4) is 0 Å². The number of hydrogen-bond acceptors (Lipinski definition) is 2. The SMILES string of the molecule is CN(CCCN(C)Cc1cccc2ccccc12)Cc1ccc2ccccc2c1. The molecule has 0 radical (unpaired) electrons. The zero-order valence-electron chi connectivity index (χ0n) is 17.5. The molecule has 0 N–H and O–H groups in total. The minimum atomic E-state index is 0.996. The lowest BCUT2D eigenvalue weighted by molar-refractivity contribution is 0.270. The highest BCUT2D eigenvalue weighted by molar-refractivity contribution is 5.85. The van der Waals surface area contributed by atoms with Crippen LogP contribution in [-0.4, -0.2) is 37.0 Å². The van der Waals surface area contributed by atoms with Gasteiger partial charge in [0.1, 0.15) is 0 Å². The molecule has 0 saturated heterocycles. The summed E-state index contributed by atoms with van der Waals surface area (Å²) in [6, 6.07) is 30.7. The maximum atomic E-state index is 2.44. The van der Waals surface area contributed by atoms with Crippen molar-refractivity contribution in [1.29, 1.82) is 0 Å². The lowest BCUT2D eigenvalue weighted by Crippen LogP contribution is -2.25. The largest absolute Gasteiger partial charge is 0.302 e. The monoisotopic (exact) mass is 382 g/mol. The second-order valence-electron chi connectivity index (χ2n) is 8.15. The Kier molecular flexibility index (Phi) is 6.24. The fourth-order valence-corrected chi connectivity index (χ4v) is 4.14. The molecule has 0 bridgehead atoms. The highest BCUT2D eigenvalue weighted by Crippen LogP contribution is 2.20. The van der Waals surface area contributed by atoms with Crippen LogP contribution in [0.25, 0.3) is 21.5 Å². The van der Waals surface area contributed by atoms with Crippen molar-refractivity contribution in [2.24, 2.45) is 0 Å². The molecule has 0 atom stereocenters. The van der Waals surface area contributed by atoms with E-state index < -0.39 is 0 Å². The number of rotatable bonds is 8. The van der Waals surface area contributed by atoms with Crippen LogP contribution in [0.5, 0.6) is 0 Å². The third-order valence-electron chi connectivity index (χ3n) is 5.67. The smallest absolute Gasteiger partial charge is 0.0236 e. The Morgan fingerprint density at radius 3 is 2.07 bits per heavy atom. The summed E-state index contributed by atoms with van der Waals surface area (Å²) in [7, 11) is 4.45. The molecule has 0 heterocycles. The first-order valence-corrected chi connectivity index (χ1v) is 10.5. The van der Waals surface area contributed by atoms with Gasteiger partial charge in [-0.1, -0.05) is 78.9 Å². The van der Waals surface area contributed by atoms with Crippen molar-refractivity contribution in [3.63, 3.8) is 0 Å². The Hall–Kier alpha value is -2.68. The Labute approximate surface area is 174 Å². The summed E-state index contributed by atoms with van der Waals surface area (Å²) in [5.41, 5.74) is 2.80. The van der Waals surface area contributed by atoms with Gasteiger partial charge in [0.2, 0.25) is 0 Å². The van der Waals surface area contributed by atoms with E-state index in [-0.39, 0.29) is 0 Å². The molecular weight excluding hydrogens is 352 g/mol. The van der Waals surface area contributed by atoms with E-state index in [0.29, 0.717) is 0 Å². The van der Waals surface area contributed by atoms with Crippen molar-refractivity contribution in [3.05, 3.63) is 96.1 Å². The maximum Gasteiger partial charge on any atom is 0.0236 e. The molecule has 2 heteroatoms. The van der Waals surface area contributed by atoms with E-state index in [9.17, 15) is 0 Å². The first-order chi connectivity index (χ1) is 14.2. The summed E-state index contributed by atoms with van der Waals surface area (Å²) in [6.45, 7) is 4.20. The summed E-state index contributed by atoms with van der Waals surface area (Å²) in [6.07, 6.45) is 1.17. The first-order valence-electron chi connectivity index (χ1n) is 10.5. The summed E-state index contributed by atoms with van der Waals surface area (Å²) >= 11 is 0. The second-order valence-corrected chi connectivity index (χ2v) is 8.15. The highest BCUT2D eigenvalue weighted by atomic mass is 15.1. The highest BCUT2D eigenvalue weighted by Gasteiger charge is 2.06. The molecule has 0 aliphatic heterocycles. The van der Waals surface area contributed by atoms with Gasteiger partial charge in [0.05, 0.1) is 0 Å². The molecule has 0 unspecified atom stereocenters. The van der Waals surface area contributed by atoms with E-state index in [0.717, 1.165) is 26.2 Å². The molecule has 4 aromatic carbocycles. The normalized spacial score (nSPS) is 11.7. The fraction of sp³-hybridized carbons (Fsp3) is 0.259. The summed E-state index contributed by atoms with van der Waals surface area (Å²) in [4.78, 5) is 4.86. The molecule has 4 rings (SSSR count). The zero-order chi connectivity index (χ0) is 20.1. The molecule has 2 nitrogen and oxygen atoms in total. The Morgan fingerprint density at radius 2 is 1.24 bits per heavy atom. The first kappa shape index (κ1) is 19.6. The lowest BCUT2D eigenvalue weighted by Gasteiger charge is -2.21. The summed E-state index contributed by atoms with van der Waals surface area (Å²) < 4.78 is 0. The number of fused-ring (bicyclic) bond motifs is 2. The van der Waals surface area contributed by atoms with Gasteiger partial charge in [-0.15, -0.1) is 0 Å². The lowest BCUT2D eigenvalue weighted by atomic mass is 10.0. The van der Waals surface area contributed by atoms with Crippen LogP contribution < -0.4 is 0 Å². The standard InChI is InChI=1S/C27H30N2/c1-28(20-22-15-16-23-9-3-4-11-25(23)19-22)17-8-18-29(2)21-26-13-7-12-24-10-5-6-14-27(24)26/h3-7,9-16,19H,8,17-18,20-21H2,1-2H3. The van der Waals surface area contributed by atoms with Crippen LogP contribution >= 0.6 is 0 Å². The summed E-state index contributed by atoms with van der Waals surface area (Å²) in [5, 5.41) is 5.34. The molecule has 148 valence electrons. The van der Waals surface area contributed by atoms with E-state index in [1.165, 1.54) is 39.1 Å². The van der Waals surface area contributed by atoms with Crippen molar-refractivity contribution in [2.75, 3.05) is 27.2 Å². The van der Waals surface area contributed by atoms with Gasteiger partial charge in [0.15, 0.2) is 0 Å². The van der Waals surface area contributed by atoms with Crippen LogP contribution in [0.4, 0.5) is 0 Å². The van der Waals surface area contributed by atoms with Gasteiger partial charge in [0, 0.05) is 13.1 Å². The van der Waals surface area contributed by atoms with Gasteiger partial charge in [0.25, 0.3) is 0 Å². The molecular formula is C27H30N2. The van der Waals surface area contributed by atoms with Crippen molar-refractivity contribution >= 4 is 21.5 Å².